The third-order valence-electron chi connectivity index (χ3n) is 4.18. The molecule has 0 amide bonds. The minimum Gasteiger partial charge on any atom is -0.423 e. The van der Waals surface area contributed by atoms with Crippen LogP contribution in [0.15, 0.2) is 60.1 Å². The molecule has 2 nitrogen and oxygen atoms in total. The lowest BCUT2D eigenvalue weighted by atomic mass is 9.73. The average molecular weight is 306 g/mol. The summed E-state index contributed by atoms with van der Waals surface area (Å²) in [6.07, 6.45) is 5.64. The number of thiophene rings is 1. The molecule has 0 saturated carbocycles. The van der Waals surface area contributed by atoms with E-state index < -0.39 is 7.12 Å². The Labute approximate surface area is 133 Å². The molecule has 0 aliphatic heterocycles. The van der Waals surface area contributed by atoms with E-state index in [2.05, 4.69) is 48.5 Å². The van der Waals surface area contributed by atoms with Gasteiger partial charge in [0.1, 0.15) is 0 Å². The maximum atomic E-state index is 9.38. The van der Waals surface area contributed by atoms with E-state index in [-0.39, 0.29) is 0 Å². The molecule has 4 rings (SSSR count). The normalized spacial score (nSPS) is 15.0. The molecule has 2 aromatic carbocycles. The lowest BCUT2D eigenvalue weighted by Crippen LogP contribution is -2.16. The number of hydrogen-bond donors (Lipinski definition) is 2. The minimum atomic E-state index is -1.35. The molecule has 0 fully saturated rings. The summed E-state index contributed by atoms with van der Waals surface area (Å²) in [7, 11) is -1.35. The Morgan fingerprint density at radius 2 is 1.77 bits per heavy atom. The highest BCUT2D eigenvalue weighted by atomic mass is 32.1. The summed E-state index contributed by atoms with van der Waals surface area (Å²) in [6, 6.07) is 14.9. The van der Waals surface area contributed by atoms with Crippen molar-refractivity contribution in [1.82, 2.24) is 0 Å². The van der Waals surface area contributed by atoms with Gasteiger partial charge >= 0.3 is 7.12 Å². The van der Waals surface area contributed by atoms with Crippen molar-refractivity contribution in [2.75, 3.05) is 0 Å². The molecule has 4 heteroatoms. The first-order chi connectivity index (χ1) is 10.7. The van der Waals surface area contributed by atoms with Crippen molar-refractivity contribution in [3.05, 3.63) is 65.7 Å². The Bertz CT molecular complexity index is 921. The standard InChI is InChI=1S/C18H15BO2S/c20-19(21)14-5-3-4-12(10-14)13-8-9-18-16(11-13)15-6-1-2-7-17(15)22-18/h1-2,4,6-11,20-21H,3,5H2. The van der Waals surface area contributed by atoms with Crippen molar-refractivity contribution in [2.45, 2.75) is 12.8 Å². The fourth-order valence-corrected chi connectivity index (χ4v) is 4.12. The van der Waals surface area contributed by atoms with E-state index in [1.807, 2.05) is 17.4 Å². The van der Waals surface area contributed by atoms with Crippen LogP contribution in [0.1, 0.15) is 18.4 Å². The molecule has 0 unspecified atom stereocenters. The van der Waals surface area contributed by atoms with Crippen LogP contribution < -0.4 is 0 Å². The molecule has 0 radical (unpaired) electrons. The summed E-state index contributed by atoms with van der Waals surface area (Å²) in [4.78, 5) is 0. The van der Waals surface area contributed by atoms with Crippen LogP contribution in [0.25, 0.3) is 25.7 Å². The topological polar surface area (TPSA) is 40.5 Å². The Balaban J connectivity index is 1.86. The van der Waals surface area contributed by atoms with E-state index in [1.165, 1.54) is 20.2 Å². The predicted octanol–water partition coefficient (Wildman–Crippen LogP) is 4.17. The van der Waals surface area contributed by atoms with Crippen LogP contribution >= 0.6 is 11.3 Å². The highest BCUT2D eigenvalue weighted by Crippen LogP contribution is 2.36. The average Bonchev–Trinajstić information content (AvgIpc) is 2.92. The van der Waals surface area contributed by atoms with Gasteiger partial charge in [-0.15, -0.1) is 11.3 Å². The van der Waals surface area contributed by atoms with Crippen molar-refractivity contribution in [1.29, 1.82) is 0 Å². The van der Waals surface area contributed by atoms with Crippen molar-refractivity contribution in [3.8, 4) is 0 Å². The number of fused-ring (bicyclic) bond motifs is 3. The van der Waals surface area contributed by atoms with Gasteiger partial charge in [-0.3, -0.25) is 0 Å². The largest absolute Gasteiger partial charge is 0.484 e. The first kappa shape index (κ1) is 13.8. The summed E-state index contributed by atoms with van der Waals surface area (Å²) in [5, 5.41) is 21.3. The van der Waals surface area contributed by atoms with E-state index in [0.29, 0.717) is 11.9 Å². The van der Waals surface area contributed by atoms with Crippen LogP contribution in [0, 0.1) is 0 Å². The van der Waals surface area contributed by atoms with E-state index in [9.17, 15) is 10.0 Å². The van der Waals surface area contributed by atoms with Crippen LogP contribution in [0.5, 0.6) is 0 Å². The number of hydrogen-bond acceptors (Lipinski definition) is 3. The molecule has 1 heterocycles. The first-order valence-electron chi connectivity index (χ1n) is 7.41. The zero-order valence-electron chi connectivity index (χ0n) is 12.0. The van der Waals surface area contributed by atoms with Gasteiger partial charge in [0.15, 0.2) is 0 Å². The fraction of sp³-hybridized carbons (Fsp3) is 0.111. The summed E-state index contributed by atoms with van der Waals surface area (Å²) < 4.78 is 2.59. The highest BCUT2D eigenvalue weighted by molar-refractivity contribution is 7.25. The Morgan fingerprint density at radius 1 is 0.955 bits per heavy atom. The third-order valence-corrected chi connectivity index (χ3v) is 5.33. The summed E-state index contributed by atoms with van der Waals surface area (Å²) >= 11 is 1.81. The van der Waals surface area contributed by atoms with Crippen molar-refractivity contribution in [3.63, 3.8) is 0 Å². The van der Waals surface area contributed by atoms with Gasteiger partial charge in [0.25, 0.3) is 0 Å². The van der Waals surface area contributed by atoms with E-state index in [0.717, 1.165) is 17.6 Å². The Morgan fingerprint density at radius 3 is 2.64 bits per heavy atom. The number of benzene rings is 2. The van der Waals surface area contributed by atoms with Gasteiger partial charge in [-0.1, -0.05) is 36.4 Å². The number of rotatable bonds is 2. The molecular formula is C18H15BO2S. The van der Waals surface area contributed by atoms with E-state index in [1.54, 1.807) is 0 Å². The van der Waals surface area contributed by atoms with Crippen LogP contribution in [0.4, 0.5) is 0 Å². The van der Waals surface area contributed by atoms with E-state index >= 15 is 0 Å². The highest BCUT2D eigenvalue weighted by Gasteiger charge is 2.18. The molecule has 22 heavy (non-hydrogen) atoms. The molecule has 3 aromatic rings. The van der Waals surface area contributed by atoms with Gasteiger partial charge in [0.2, 0.25) is 0 Å². The van der Waals surface area contributed by atoms with Gasteiger partial charge in [-0.2, -0.15) is 0 Å². The molecule has 1 aliphatic rings. The van der Waals surface area contributed by atoms with Crippen LogP contribution in [-0.4, -0.2) is 17.2 Å². The summed E-state index contributed by atoms with van der Waals surface area (Å²) in [5.74, 6) is 0. The second-order valence-corrected chi connectivity index (χ2v) is 6.68. The zero-order valence-corrected chi connectivity index (χ0v) is 12.8. The van der Waals surface area contributed by atoms with Crippen molar-refractivity contribution in [2.24, 2.45) is 0 Å². The fourth-order valence-electron chi connectivity index (χ4n) is 3.04. The Hall–Kier alpha value is -1.88. The van der Waals surface area contributed by atoms with Crippen LogP contribution in [0.2, 0.25) is 0 Å². The lowest BCUT2D eigenvalue weighted by molar-refractivity contribution is 0.416. The van der Waals surface area contributed by atoms with Gasteiger partial charge in [0, 0.05) is 20.2 Å². The third kappa shape index (κ3) is 2.30. The van der Waals surface area contributed by atoms with Crippen molar-refractivity contribution < 1.29 is 10.0 Å². The van der Waals surface area contributed by atoms with Gasteiger partial charge in [-0.25, -0.2) is 0 Å². The molecular weight excluding hydrogens is 291 g/mol. The number of allylic oxidation sites excluding steroid dienone is 4. The molecule has 2 N–H and O–H groups in total. The van der Waals surface area contributed by atoms with Crippen LogP contribution in [-0.2, 0) is 0 Å². The van der Waals surface area contributed by atoms with Crippen LogP contribution in [0.3, 0.4) is 0 Å². The van der Waals surface area contributed by atoms with E-state index in [4.69, 9.17) is 0 Å². The molecule has 1 aliphatic carbocycles. The van der Waals surface area contributed by atoms with Gasteiger partial charge in [0.05, 0.1) is 0 Å². The SMILES string of the molecule is OB(O)C1=CC(c2ccc3sc4ccccc4c3c2)=CCC1. The predicted molar refractivity (Wildman–Crippen MR) is 94.8 cm³/mol. The second-order valence-electron chi connectivity index (χ2n) is 5.60. The second kappa shape index (κ2) is 5.40. The Kier molecular flexibility index (Phi) is 3.38. The summed E-state index contributed by atoms with van der Waals surface area (Å²) in [5.41, 5.74) is 2.90. The first-order valence-corrected chi connectivity index (χ1v) is 8.22. The van der Waals surface area contributed by atoms with Crippen molar-refractivity contribution >= 4 is 44.2 Å². The quantitative estimate of drug-likeness (QED) is 0.698. The molecule has 1 aromatic heterocycles. The monoisotopic (exact) mass is 306 g/mol. The maximum Gasteiger partial charge on any atom is 0.484 e. The maximum absolute atomic E-state index is 9.38. The molecule has 0 atom stereocenters. The zero-order chi connectivity index (χ0) is 15.1. The molecule has 108 valence electrons. The molecule has 0 bridgehead atoms. The lowest BCUT2D eigenvalue weighted by Gasteiger charge is -2.13. The summed E-state index contributed by atoms with van der Waals surface area (Å²) in [6.45, 7) is 0. The molecule has 0 saturated heterocycles. The minimum absolute atomic E-state index is 0.688. The molecule has 0 spiro atoms. The smallest absolute Gasteiger partial charge is 0.423 e. The van der Waals surface area contributed by atoms with Gasteiger partial charge in [-0.05, 0) is 47.6 Å². The van der Waals surface area contributed by atoms with Gasteiger partial charge < -0.3 is 10.0 Å².